The lowest BCUT2D eigenvalue weighted by Gasteiger charge is -2.44. The second-order valence-corrected chi connectivity index (χ2v) is 42.0. The maximum Gasteiger partial charge on any atom is 0.397 e. The van der Waals surface area contributed by atoms with E-state index >= 15 is 0 Å². The van der Waals surface area contributed by atoms with Crippen LogP contribution in [0.3, 0.4) is 0 Å². The van der Waals surface area contributed by atoms with Crippen molar-refractivity contribution >= 4 is 127 Å². The van der Waals surface area contributed by atoms with Crippen LogP contribution in [0.15, 0.2) is 0 Å². The van der Waals surface area contributed by atoms with Gasteiger partial charge >= 0.3 is 104 Å². The fraction of sp³-hybridized carbons (Fsp3) is 0.939. The van der Waals surface area contributed by atoms with E-state index in [0.717, 1.165) is 57.8 Å². The molecule has 65 heteroatoms. The first-order valence-corrected chi connectivity index (χ1v) is 54.7. The van der Waals surface area contributed by atoms with E-state index in [4.69, 9.17) is 64.8 Å². The molecule has 4 fully saturated rings. The van der Waals surface area contributed by atoms with Gasteiger partial charge in [-0.05, 0) is 51.4 Å². The minimum absolute atomic E-state index is 0.0763. The van der Waals surface area contributed by atoms with E-state index in [9.17, 15) is 140 Å². The number of ketones is 3. The summed E-state index contributed by atoms with van der Waals surface area (Å²) in [6, 6.07) is 0. The van der Waals surface area contributed by atoms with Crippen molar-refractivity contribution in [2.24, 2.45) is 5.41 Å². The molecule has 0 aromatic heterocycles. The number of ether oxygens (including phenoxy) is 10. The van der Waals surface area contributed by atoms with Gasteiger partial charge in [0.15, 0.2) is 25.2 Å². The second kappa shape index (κ2) is 57.5. The molecule has 0 aromatic rings. The summed E-state index contributed by atoms with van der Waals surface area (Å²) in [5, 5.41) is 2.84. The van der Waals surface area contributed by atoms with Gasteiger partial charge in [0.05, 0.1) is 65.1 Å². The highest BCUT2D eigenvalue weighted by atomic mass is 32.3. The maximum atomic E-state index is 12.6. The fourth-order valence-electron chi connectivity index (χ4n) is 13.6. The molecular formula is C66H119NO54S10. The van der Waals surface area contributed by atoms with E-state index in [1.165, 1.54) is 0 Å². The Balaban J connectivity index is 0.999. The summed E-state index contributed by atoms with van der Waals surface area (Å²) in [5.74, 6) is 0.0940. The van der Waals surface area contributed by atoms with Crippen LogP contribution >= 0.6 is 0 Å². The van der Waals surface area contributed by atoms with E-state index in [1.807, 2.05) is 13.8 Å². The quantitative estimate of drug-likeness (QED) is 0.0308. The zero-order chi connectivity index (χ0) is 98.3. The lowest BCUT2D eigenvalue weighted by Crippen LogP contribution is -2.57. The van der Waals surface area contributed by atoms with Crippen molar-refractivity contribution in [2.45, 2.75) is 318 Å². The van der Waals surface area contributed by atoms with Gasteiger partial charge in [-0.25, -0.2) is 41.8 Å². The standard InChI is InChI=1S/C66H119NO54S10/c1-66(2,44-102-34-29-47(69)26-18-9-4-3-8-16-24-46(68)25-17-11-7-14-22-32-104-62-53(118-128(90,91)92)36-49(57(112-62)40-106-122(72,73)74)110-64-55(120-130(96,97)98)38-51(116-126(84,85)86)59(114-64)42-108-124(78,79)80)45-103-35-30-48(70)27-19-10-5-6-12-20-28-61(71)67-31-21-13-15-23-33-105-63-54(119-129(93,94)95)37-50(58(113-63)41-107-123(75,76)77)111-65-56(121-131(99,100)101)39-52(117-127(87,88)89)60(115-65)43-109-125(81,82)83/h49-60,62-65H,3-45H2,1-2H3,(H,67,71)(H,72,73,74)(H,75,76,77)(H,78,79,80)(H,81,82,83)(H,84,85,86)(H,87,88,89)(H,90,91,92)(H,93,94,95)(H,96,97,98)(H,99,100,101). The number of unbranched alkanes of at least 4 members (excludes halogenated alkanes) is 17. The number of carbonyl (C=O) groups excluding carboxylic acids is 4. The molecule has 131 heavy (non-hydrogen) atoms. The number of rotatable bonds is 73. The molecule has 4 aliphatic rings. The average molecular weight is 2110 g/mol. The molecule has 16 atom stereocenters. The molecule has 0 bridgehead atoms. The molecular weight excluding hydrogens is 1990 g/mol. The van der Waals surface area contributed by atoms with Crippen molar-refractivity contribution in [1.29, 1.82) is 0 Å². The van der Waals surface area contributed by atoms with Crippen molar-refractivity contribution in [2.75, 3.05) is 72.6 Å². The molecule has 4 heterocycles. The minimum atomic E-state index is -5.54. The molecule has 16 unspecified atom stereocenters. The van der Waals surface area contributed by atoms with Crippen LogP contribution < -0.4 is 5.32 Å². The molecule has 4 aliphatic heterocycles. The van der Waals surface area contributed by atoms with E-state index in [1.54, 1.807) is 0 Å². The summed E-state index contributed by atoms with van der Waals surface area (Å²) < 4.78 is 428. The number of hydrogen-bond donors (Lipinski definition) is 11. The van der Waals surface area contributed by atoms with Gasteiger partial charge in [-0.1, -0.05) is 97.3 Å². The lowest BCUT2D eigenvalue weighted by atomic mass is 9.96. The van der Waals surface area contributed by atoms with Crippen LogP contribution in [0.4, 0.5) is 0 Å². The van der Waals surface area contributed by atoms with Crippen molar-refractivity contribution in [3.05, 3.63) is 0 Å². The van der Waals surface area contributed by atoms with Gasteiger partial charge in [0.1, 0.15) is 78.4 Å². The Hall–Kier alpha value is -3.22. The highest BCUT2D eigenvalue weighted by Gasteiger charge is 2.52. The summed E-state index contributed by atoms with van der Waals surface area (Å²) in [6.45, 7) is -0.0211. The Morgan fingerprint density at radius 2 is 0.519 bits per heavy atom. The van der Waals surface area contributed by atoms with Crippen molar-refractivity contribution in [3.63, 3.8) is 0 Å². The molecule has 11 N–H and O–H groups in total. The molecule has 1 amide bonds. The number of Topliss-reactive ketones (excluding diaryl/α,β-unsaturated/α-hetero) is 3. The zero-order valence-corrected chi connectivity index (χ0v) is 79.3. The SMILES string of the molecule is CC(C)(COCCC(=O)CCCCCCCCC(=O)CCCCCCCOC1OC(COS(=O)(=O)O)C(OC2OC(COS(=O)(=O)O)C(OS(=O)(=O)O)CC2OS(=O)(=O)O)CC1OS(=O)(=O)O)COCCC(=O)CCCCCCCCC(=O)NCCCCCCOC1OC(COS(=O)(=O)O)C(OC2OC(COS(=O)(=O)O)C(OS(=O)(=O)O)CC2OS(=O)(=O)O)CC1OS(=O)(=O)O. The predicted molar refractivity (Wildman–Crippen MR) is 436 cm³/mol. The Bertz CT molecular complexity index is 4390. The van der Waals surface area contributed by atoms with Gasteiger partial charge in [-0.15, -0.1) is 0 Å². The third-order valence-corrected chi connectivity index (χ3v) is 24.1. The van der Waals surface area contributed by atoms with Crippen LogP contribution in [-0.2, 0) is 212 Å². The first-order valence-electron chi connectivity index (χ1n) is 41.1. The van der Waals surface area contributed by atoms with Crippen LogP contribution in [0, 0.1) is 5.41 Å². The van der Waals surface area contributed by atoms with Crippen molar-refractivity contribution < 1.29 is 238 Å². The maximum absolute atomic E-state index is 12.6. The number of nitrogens with one attached hydrogen (secondary N) is 1. The van der Waals surface area contributed by atoms with E-state index in [0.29, 0.717) is 116 Å². The fourth-order valence-corrected chi connectivity index (χ4v) is 17.8. The van der Waals surface area contributed by atoms with Gasteiger partial charge in [0.2, 0.25) is 5.91 Å². The smallest absolute Gasteiger partial charge is 0.380 e. The van der Waals surface area contributed by atoms with Crippen molar-refractivity contribution in [3.8, 4) is 0 Å². The molecule has 772 valence electrons. The first-order chi connectivity index (χ1) is 60.5. The molecule has 0 saturated carbocycles. The second-order valence-electron chi connectivity index (χ2n) is 31.3. The van der Waals surface area contributed by atoms with Gasteiger partial charge in [-0.2, -0.15) is 84.2 Å². The van der Waals surface area contributed by atoms with Crippen LogP contribution in [0.1, 0.15) is 219 Å². The van der Waals surface area contributed by atoms with E-state index < -0.39 is 255 Å². The Morgan fingerprint density at radius 3 is 0.817 bits per heavy atom. The van der Waals surface area contributed by atoms with Crippen LogP contribution in [0.25, 0.3) is 0 Å². The van der Waals surface area contributed by atoms with E-state index in [-0.39, 0.29) is 80.8 Å². The molecule has 55 nitrogen and oxygen atoms in total. The van der Waals surface area contributed by atoms with E-state index in [2.05, 4.69) is 38.8 Å². The van der Waals surface area contributed by atoms with Crippen LogP contribution in [0.5, 0.6) is 0 Å². The van der Waals surface area contributed by atoms with Gasteiger partial charge in [0, 0.05) is 95.8 Å². The molecule has 0 aromatic carbocycles. The first kappa shape index (κ1) is 120. The van der Waals surface area contributed by atoms with Gasteiger partial charge in [0.25, 0.3) is 0 Å². The van der Waals surface area contributed by atoms with Crippen LogP contribution in [-0.4, -0.2) is 324 Å². The Morgan fingerprint density at radius 1 is 0.282 bits per heavy atom. The van der Waals surface area contributed by atoms with Crippen molar-refractivity contribution in [1.82, 2.24) is 5.32 Å². The third kappa shape index (κ3) is 59.1. The zero-order valence-electron chi connectivity index (χ0n) is 71.2. The van der Waals surface area contributed by atoms with Gasteiger partial charge in [-0.3, -0.25) is 64.7 Å². The third-order valence-electron chi connectivity index (χ3n) is 19.4. The number of hydrogen-bond acceptors (Lipinski definition) is 44. The molecule has 0 spiro atoms. The summed E-state index contributed by atoms with van der Waals surface area (Å²) in [5.41, 5.74) is -0.377. The summed E-state index contributed by atoms with van der Waals surface area (Å²) in [7, 11) is -53.9. The average Bonchev–Trinajstić information content (AvgIpc) is 0.790. The summed E-state index contributed by atoms with van der Waals surface area (Å²) in [4.78, 5) is 50.3. The largest absolute Gasteiger partial charge is 0.397 e. The minimum Gasteiger partial charge on any atom is -0.380 e. The molecule has 0 radical (unpaired) electrons. The topological polar surface area (TPSA) is 809 Å². The lowest BCUT2D eigenvalue weighted by molar-refractivity contribution is -0.321. The van der Waals surface area contributed by atoms with Gasteiger partial charge < -0.3 is 52.7 Å². The highest BCUT2D eigenvalue weighted by Crippen LogP contribution is 2.37. The monoisotopic (exact) mass is 2110 g/mol. The Kier molecular flexibility index (Phi) is 52.7. The highest BCUT2D eigenvalue weighted by molar-refractivity contribution is 7.83. The normalized spacial score (nSPS) is 25.0. The number of carbonyl (C=O) groups is 4. The molecule has 0 aliphatic carbocycles. The predicted octanol–water partition coefficient (Wildman–Crippen LogP) is 2.46. The Labute approximate surface area is 761 Å². The molecule has 4 saturated heterocycles. The molecule has 4 rings (SSSR count). The summed E-state index contributed by atoms with van der Waals surface area (Å²) >= 11 is 0. The summed E-state index contributed by atoms with van der Waals surface area (Å²) in [6.07, 6.45) is -19.5. The number of amides is 1. The van der Waals surface area contributed by atoms with Crippen LogP contribution in [0.2, 0.25) is 0 Å².